The van der Waals surface area contributed by atoms with Crippen LogP contribution in [0, 0.1) is 10.1 Å². The van der Waals surface area contributed by atoms with E-state index in [0.717, 1.165) is 16.3 Å². The van der Waals surface area contributed by atoms with Gasteiger partial charge in [-0.15, -0.1) is 0 Å². The first-order chi connectivity index (χ1) is 7.89. The lowest BCUT2D eigenvalue weighted by molar-refractivity contribution is -0.385. The molecular weight excluding hydrogens is 214 g/mol. The van der Waals surface area contributed by atoms with Crippen LogP contribution in [0.3, 0.4) is 0 Å². The molecule has 3 heteroatoms. The van der Waals surface area contributed by atoms with E-state index in [1.54, 1.807) is 6.07 Å². The van der Waals surface area contributed by atoms with Crippen LogP contribution in [0.15, 0.2) is 36.4 Å². The normalized spacial score (nSPS) is 11.7. The van der Waals surface area contributed by atoms with Gasteiger partial charge in [-0.05, 0) is 22.3 Å². The molecule has 0 aromatic heterocycles. The number of benzene rings is 2. The molecule has 0 N–H and O–H groups in total. The standard InChI is InChI=1S/C14H15NO2/c1-14(2,3)12-8-10-6-4-5-7-11(10)9-13(12)15(16)17/h4-9H,1-3H3. The minimum atomic E-state index is -0.299. The summed E-state index contributed by atoms with van der Waals surface area (Å²) in [5.74, 6) is 0. The maximum atomic E-state index is 11.1. The molecule has 0 saturated heterocycles. The number of hydrogen-bond acceptors (Lipinski definition) is 2. The Bertz CT molecular complexity index is 582. The van der Waals surface area contributed by atoms with Crippen LogP contribution in [-0.4, -0.2) is 4.92 Å². The van der Waals surface area contributed by atoms with Gasteiger partial charge in [0.15, 0.2) is 0 Å². The summed E-state index contributed by atoms with van der Waals surface area (Å²) in [7, 11) is 0. The fraction of sp³-hybridized carbons (Fsp3) is 0.286. The Hall–Kier alpha value is -1.90. The first-order valence-corrected chi connectivity index (χ1v) is 5.57. The Balaban J connectivity index is 2.80. The van der Waals surface area contributed by atoms with Crippen molar-refractivity contribution in [2.75, 3.05) is 0 Å². The molecule has 0 fully saturated rings. The molecule has 0 radical (unpaired) electrons. The van der Waals surface area contributed by atoms with Gasteiger partial charge in [0.05, 0.1) is 4.92 Å². The smallest absolute Gasteiger partial charge is 0.258 e. The summed E-state index contributed by atoms with van der Waals surface area (Å²) >= 11 is 0. The van der Waals surface area contributed by atoms with Crippen LogP contribution in [-0.2, 0) is 5.41 Å². The van der Waals surface area contributed by atoms with Crippen LogP contribution in [0.4, 0.5) is 5.69 Å². The summed E-state index contributed by atoms with van der Waals surface area (Å²) in [5, 5.41) is 13.1. The maximum Gasteiger partial charge on any atom is 0.273 e. The van der Waals surface area contributed by atoms with Crippen LogP contribution in [0.2, 0.25) is 0 Å². The molecule has 0 heterocycles. The van der Waals surface area contributed by atoms with Gasteiger partial charge in [-0.3, -0.25) is 10.1 Å². The zero-order valence-electron chi connectivity index (χ0n) is 10.2. The molecule has 2 rings (SSSR count). The van der Waals surface area contributed by atoms with Gasteiger partial charge in [0, 0.05) is 11.6 Å². The third-order valence-electron chi connectivity index (χ3n) is 2.87. The van der Waals surface area contributed by atoms with Crippen molar-refractivity contribution in [1.82, 2.24) is 0 Å². The van der Waals surface area contributed by atoms with Crippen LogP contribution in [0.25, 0.3) is 10.8 Å². The molecule has 2 aromatic carbocycles. The Morgan fingerprint density at radius 2 is 1.59 bits per heavy atom. The highest BCUT2D eigenvalue weighted by Gasteiger charge is 2.25. The van der Waals surface area contributed by atoms with Crippen molar-refractivity contribution in [3.63, 3.8) is 0 Å². The lowest BCUT2D eigenvalue weighted by Gasteiger charge is -2.19. The van der Waals surface area contributed by atoms with Gasteiger partial charge >= 0.3 is 0 Å². The second-order valence-corrected chi connectivity index (χ2v) is 5.22. The van der Waals surface area contributed by atoms with E-state index in [2.05, 4.69) is 0 Å². The Kier molecular flexibility index (Phi) is 2.62. The second-order valence-electron chi connectivity index (χ2n) is 5.22. The summed E-state index contributed by atoms with van der Waals surface area (Å²) < 4.78 is 0. The highest BCUT2D eigenvalue weighted by atomic mass is 16.6. The number of nitro groups is 1. The lowest BCUT2D eigenvalue weighted by atomic mass is 9.84. The Morgan fingerprint density at radius 1 is 1.06 bits per heavy atom. The first kappa shape index (κ1) is 11.6. The fourth-order valence-corrected chi connectivity index (χ4v) is 1.98. The molecule has 2 aromatic rings. The molecule has 0 unspecified atom stereocenters. The van der Waals surface area contributed by atoms with Gasteiger partial charge in [-0.1, -0.05) is 45.0 Å². The third kappa shape index (κ3) is 2.13. The molecule has 0 aliphatic carbocycles. The van der Waals surface area contributed by atoms with E-state index in [1.807, 2.05) is 51.1 Å². The number of nitro benzene ring substituents is 1. The maximum absolute atomic E-state index is 11.1. The number of nitrogens with zero attached hydrogens (tertiary/aromatic N) is 1. The van der Waals surface area contributed by atoms with Crippen molar-refractivity contribution in [3.8, 4) is 0 Å². The van der Waals surface area contributed by atoms with E-state index in [-0.39, 0.29) is 16.0 Å². The van der Waals surface area contributed by atoms with Crippen LogP contribution < -0.4 is 0 Å². The van der Waals surface area contributed by atoms with Crippen LogP contribution >= 0.6 is 0 Å². The first-order valence-electron chi connectivity index (χ1n) is 5.57. The van der Waals surface area contributed by atoms with E-state index in [4.69, 9.17) is 0 Å². The van der Waals surface area contributed by atoms with Crippen LogP contribution in [0.5, 0.6) is 0 Å². The minimum Gasteiger partial charge on any atom is -0.258 e. The molecule has 0 spiro atoms. The highest BCUT2D eigenvalue weighted by Crippen LogP contribution is 2.34. The van der Waals surface area contributed by atoms with Gasteiger partial charge in [0.25, 0.3) is 5.69 Å². The lowest BCUT2D eigenvalue weighted by Crippen LogP contribution is -2.13. The monoisotopic (exact) mass is 229 g/mol. The van der Waals surface area contributed by atoms with E-state index >= 15 is 0 Å². The van der Waals surface area contributed by atoms with Crippen molar-refractivity contribution in [1.29, 1.82) is 0 Å². The van der Waals surface area contributed by atoms with E-state index in [9.17, 15) is 10.1 Å². The number of fused-ring (bicyclic) bond motifs is 1. The van der Waals surface area contributed by atoms with Crippen molar-refractivity contribution >= 4 is 16.5 Å². The topological polar surface area (TPSA) is 43.1 Å². The van der Waals surface area contributed by atoms with Gasteiger partial charge < -0.3 is 0 Å². The fourth-order valence-electron chi connectivity index (χ4n) is 1.98. The predicted octanol–water partition coefficient (Wildman–Crippen LogP) is 4.05. The van der Waals surface area contributed by atoms with E-state index < -0.39 is 0 Å². The molecule has 0 saturated carbocycles. The average Bonchev–Trinajstić information content (AvgIpc) is 2.26. The molecule has 17 heavy (non-hydrogen) atoms. The van der Waals surface area contributed by atoms with E-state index in [1.165, 1.54) is 0 Å². The molecule has 0 bridgehead atoms. The molecule has 3 nitrogen and oxygen atoms in total. The average molecular weight is 229 g/mol. The summed E-state index contributed by atoms with van der Waals surface area (Å²) in [6.07, 6.45) is 0. The van der Waals surface area contributed by atoms with Gasteiger partial charge in [-0.2, -0.15) is 0 Å². The quantitative estimate of drug-likeness (QED) is 0.547. The van der Waals surface area contributed by atoms with Gasteiger partial charge in [-0.25, -0.2) is 0 Å². The van der Waals surface area contributed by atoms with Crippen molar-refractivity contribution < 1.29 is 4.92 Å². The van der Waals surface area contributed by atoms with Gasteiger partial charge in [0.2, 0.25) is 0 Å². The largest absolute Gasteiger partial charge is 0.273 e. The van der Waals surface area contributed by atoms with Crippen molar-refractivity contribution in [2.45, 2.75) is 26.2 Å². The zero-order chi connectivity index (χ0) is 12.6. The Labute approximate surface area is 100 Å². The zero-order valence-corrected chi connectivity index (χ0v) is 10.2. The van der Waals surface area contributed by atoms with Gasteiger partial charge in [0.1, 0.15) is 0 Å². The van der Waals surface area contributed by atoms with Crippen LogP contribution in [0.1, 0.15) is 26.3 Å². The molecule has 88 valence electrons. The third-order valence-corrected chi connectivity index (χ3v) is 2.87. The second kappa shape index (κ2) is 3.84. The predicted molar refractivity (Wildman–Crippen MR) is 69.3 cm³/mol. The Morgan fingerprint density at radius 3 is 2.06 bits per heavy atom. The molecule has 0 aliphatic rings. The molecule has 0 atom stereocenters. The highest BCUT2D eigenvalue weighted by molar-refractivity contribution is 5.86. The summed E-state index contributed by atoms with van der Waals surface area (Å²) in [5.41, 5.74) is 0.754. The van der Waals surface area contributed by atoms with E-state index in [0.29, 0.717) is 0 Å². The minimum absolute atomic E-state index is 0.205. The molecular formula is C14H15NO2. The summed E-state index contributed by atoms with van der Waals surface area (Å²) in [6.45, 7) is 5.97. The summed E-state index contributed by atoms with van der Waals surface area (Å²) in [6, 6.07) is 11.3. The van der Waals surface area contributed by atoms with Crippen molar-refractivity contribution in [2.24, 2.45) is 0 Å². The number of hydrogen-bond donors (Lipinski definition) is 0. The van der Waals surface area contributed by atoms with Crippen molar-refractivity contribution in [3.05, 3.63) is 52.1 Å². The SMILES string of the molecule is CC(C)(C)c1cc2ccccc2cc1[N+](=O)[O-]. The number of rotatable bonds is 1. The molecule has 0 aliphatic heterocycles. The molecule has 0 amide bonds. The summed E-state index contributed by atoms with van der Waals surface area (Å²) in [4.78, 5) is 10.8.